The SMILES string of the molecule is CCc1ccc(S(=O)(=O)N[C@@H](CC(N)=O)C(=O)O)cc1. The van der Waals surface area contributed by atoms with Gasteiger partial charge >= 0.3 is 5.97 Å². The summed E-state index contributed by atoms with van der Waals surface area (Å²) < 4.78 is 26.0. The monoisotopic (exact) mass is 300 g/mol. The number of rotatable bonds is 7. The Hall–Kier alpha value is -1.93. The topological polar surface area (TPSA) is 127 Å². The van der Waals surface area contributed by atoms with Crippen molar-refractivity contribution >= 4 is 21.9 Å². The quantitative estimate of drug-likeness (QED) is 0.645. The minimum absolute atomic E-state index is 0.0644. The molecule has 0 aliphatic rings. The molecule has 0 aromatic heterocycles. The second kappa shape index (κ2) is 6.49. The smallest absolute Gasteiger partial charge is 0.322 e. The van der Waals surface area contributed by atoms with Crippen LogP contribution in [-0.2, 0) is 26.0 Å². The lowest BCUT2D eigenvalue weighted by molar-refractivity contribution is -0.140. The average molecular weight is 300 g/mol. The number of carboxylic acids is 1. The molecule has 1 aromatic carbocycles. The summed E-state index contributed by atoms with van der Waals surface area (Å²) in [5.74, 6) is -2.36. The first kappa shape index (κ1) is 16.1. The molecule has 0 bridgehead atoms. The normalized spacial score (nSPS) is 12.8. The standard InChI is InChI=1S/C12H16N2O5S/c1-2-8-3-5-9(6-4-8)20(18,19)14-10(12(16)17)7-11(13)15/h3-6,10,14H,2,7H2,1H3,(H2,13,15)(H,16,17)/t10-/m0/s1. The zero-order chi connectivity index (χ0) is 15.3. The minimum Gasteiger partial charge on any atom is -0.480 e. The van der Waals surface area contributed by atoms with Crippen LogP contribution in [0.4, 0.5) is 0 Å². The largest absolute Gasteiger partial charge is 0.480 e. The molecular weight excluding hydrogens is 284 g/mol. The summed E-state index contributed by atoms with van der Waals surface area (Å²) in [5.41, 5.74) is 5.84. The van der Waals surface area contributed by atoms with Gasteiger partial charge in [-0.3, -0.25) is 9.59 Å². The Bertz CT molecular complexity index is 595. The number of carbonyl (C=O) groups excluding carboxylic acids is 1. The fraction of sp³-hybridized carbons (Fsp3) is 0.333. The van der Waals surface area contributed by atoms with Crippen LogP contribution < -0.4 is 10.5 Å². The maximum absolute atomic E-state index is 12.0. The van der Waals surface area contributed by atoms with Crippen molar-refractivity contribution in [3.8, 4) is 0 Å². The molecule has 4 N–H and O–H groups in total. The average Bonchev–Trinajstić information content (AvgIpc) is 2.37. The van der Waals surface area contributed by atoms with Crippen molar-refractivity contribution < 1.29 is 23.1 Å². The number of carbonyl (C=O) groups is 2. The molecule has 7 nitrogen and oxygen atoms in total. The number of hydrogen-bond acceptors (Lipinski definition) is 4. The first-order chi connectivity index (χ1) is 9.26. The number of carboxylic acid groups (broad SMARTS) is 1. The highest BCUT2D eigenvalue weighted by Crippen LogP contribution is 2.12. The Kier molecular flexibility index (Phi) is 5.23. The summed E-state index contributed by atoms with van der Waals surface area (Å²) in [5, 5.41) is 8.88. The van der Waals surface area contributed by atoms with Gasteiger partial charge in [-0.05, 0) is 24.1 Å². The first-order valence-corrected chi connectivity index (χ1v) is 7.37. The first-order valence-electron chi connectivity index (χ1n) is 5.88. The van der Waals surface area contributed by atoms with Crippen LogP contribution in [0.15, 0.2) is 29.2 Å². The molecule has 1 amide bonds. The molecule has 0 aliphatic heterocycles. The number of primary amides is 1. The fourth-order valence-corrected chi connectivity index (χ4v) is 2.73. The summed E-state index contributed by atoms with van der Waals surface area (Å²) in [4.78, 5) is 21.6. The van der Waals surface area contributed by atoms with Crippen LogP contribution in [0.1, 0.15) is 18.9 Å². The Morgan fingerprint density at radius 1 is 1.30 bits per heavy atom. The van der Waals surface area contributed by atoms with Crippen LogP contribution in [0.3, 0.4) is 0 Å². The number of aryl methyl sites for hydroxylation is 1. The number of nitrogens with one attached hydrogen (secondary N) is 1. The molecule has 0 spiro atoms. The van der Waals surface area contributed by atoms with Gasteiger partial charge in [0.25, 0.3) is 0 Å². The molecule has 0 aliphatic carbocycles. The summed E-state index contributed by atoms with van der Waals surface area (Å²) in [6.07, 6.45) is 0.148. The summed E-state index contributed by atoms with van der Waals surface area (Å²) in [7, 11) is -4.01. The molecule has 0 fully saturated rings. The van der Waals surface area contributed by atoms with E-state index in [1.165, 1.54) is 12.1 Å². The van der Waals surface area contributed by atoms with Crippen LogP contribution in [0.25, 0.3) is 0 Å². The van der Waals surface area contributed by atoms with E-state index in [2.05, 4.69) is 0 Å². The second-order valence-electron chi connectivity index (χ2n) is 4.18. The van der Waals surface area contributed by atoms with Crippen LogP contribution in [0, 0.1) is 0 Å². The maximum Gasteiger partial charge on any atom is 0.322 e. The van der Waals surface area contributed by atoms with E-state index in [1.807, 2.05) is 11.6 Å². The van der Waals surface area contributed by atoms with Gasteiger partial charge in [0.2, 0.25) is 15.9 Å². The molecule has 0 saturated heterocycles. The number of amides is 1. The zero-order valence-corrected chi connectivity index (χ0v) is 11.7. The van der Waals surface area contributed by atoms with Crippen molar-refractivity contribution in [1.82, 2.24) is 4.72 Å². The Balaban J connectivity index is 2.96. The molecule has 110 valence electrons. The molecule has 1 aromatic rings. The molecule has 1 rings (SSSR count). The highest BCUT2D eigenvalue weighted by atomic mass is 32.2. The minimum atomic E-state index is -4.01. The van der Waals surface area contributed by atoms with E-state index in [9.17, 15) is 18.0 Å². The molecule has 20 heavy (non-hydrogen) atoms. The van der Waals surface area contributed by atoms with Gasteiger partial charge in [0.05, 0.1) is 11.3 Å². The highest BCUT2D eigenvalue weighted by Gasteiger charge is 2.26. The number of nitrogens with two attached hydrogens (primary N) is 1. The van der Waals surface area contributed by atoms with E-state index >= 15 is 0 Å². The van der Waals surface area contributed by atoms with Crippen LogP contribution in [0.2, 0.25) is 0 Å². The third-order valence-corrected chi connectivity index (χ3v) is 4.13. The zero-order valence-electron chi connectivity index (χ0n) is 10.9. The van der Waals surface area contributed by atoms with Crippen molar-refractivity contribution in [2.75, 3.05) is 0 Å². The third kappa shape index (κ3) is 4.32. The highest BCUT2D eigenvalue weighted by molar-refractivity contribution is 7.89. The summed E-state index contributed by atoms with van der Waals surface area (Å²) in [6, 6.07) is 4.45. The number of benzene rings is 1. The Labute approximate surface area is 116 Å². The third-order valence-electron chi connectivity index (χ3n) is 2.64. The number of hydrogen-bond donors (Lipinski definition) is 3. The van der Waals surface area contributed by atoms with E-state index < -0.39 is 34.4 Å². The van der Waals surface area contributed by atoms with E-state index in [4.69, 9.17) is 10.8 Å². The predicted octanol–water partition coefficient (Wildman–Crippen LogP) is -0.144. The second-order valence-corrected chi connectivity index (χ2v) is 5.89. The van der Waals surface area contributed by atoms with E-state index in [1.54, 1.807) is 12.1 Å². The molecule has 1 atom stereocenters. The van der Waals surface area contributed by atoms with E-state index in [-0.39, 0.29) is 4.90 Å². The molecular formula is C12H16N2O5S. The van der Waals surface area contributed by atoms with Gasteiger partial charge in [-0.2, -0.15) is 4.72 Å². The van der Waals surface area contributed by atoms with Crippen molar-refractivity contribution in [2.45, 2.75) is 30.7 Å². The lowest BCUT2D eigenvalue weighted by Crippen LogP contribution is -2.43. The van der Waals surface area contributed by atoms with Crippen LogP contribution >= 0.6 is 0 Å². The Morgan fingerprint density at radius 2 is 1.85 bits per heavy atom. The molecule has 0 saturated carbocycles. The van der Waals surface area contributed by atoms with E-state index in [0.29, 0.717) is 0 Å². The number of sulfonamides is 1. The maximum atomic E-state index is 12.0. The molecule has 0 radical (unpaired) electrons. The van der Waals surface area contributed by atoms with Crippen LogP contribution in [0.5, 0.6) is 0 Å². The summed E-state index contributed by atoms with van der Waals surface area (Å²) >= 11 is 0. The van der Waals surface area contributed by atoms with E-state index in [0.717, 1.165) is 12.0 Å². The van der Waals surface area contributed by atoms with Gasteiger partial charge in [-0.15, -0.1) is 0 Å². The van der Waals surface area contributed by atoms with Gasteiger partial charge in [-0.25, -0.2) is 8.42 Å². The van der Waals surface area contributed by atoms with Crippen molar-refractivity contribution in [2.24, 2.45) is 5.73 Å². The van der Waals surface area contributed by atoms with Crippen molar-refractivity contribution in [3.05, 3.63) is 29.8 Å². The fourth-order valence-electron chi connectivity index (χ4n) is 1.54. The van der Waals surface area contributed by atoms with Gasteiger partial charge in [0, 0.05) is 0 Å². The van der Waals surface area contributed by atoms with Crippen molar-refractivity contribution in [3.63, 3.8) is 0 Å². The Morgan fingerprint density at radius 3 is 2.25 bits per heavy atom. The molecule has 0 heterocycles. The van der Waals surface area contributed by atoms with Crippen LogP contribution in [-0.4, -0.2) is 31.4 Å². The van der Waals surface area contributed by atoms with Gasteiger partial charge in [0.1, 0.15) is 6.04 Å². The lowest BCUT2D eigenvalue weighted by atomic mass is 10.2. The van der Waals surface area contributed by atoms with Crippen molar-refractivity contribution in [1.29, 1.82) is 0 Å². The lowest BCUT2D eigenvalue weighted by Gasteiger charge is -2.13. The van der Waals surface area contributed by atoms with Gasteiger partial charge in [0.15, 0.2) is 0 Å². The predicted molar refractivity (Wildman–Crippen MR) is 71.4 cm³/mol. The summed E-state index contributed by atoms with van der Waals surface area (Å²) in [6.45, 7) is 1.93. The molecule has 8 heteroatoms. The molecule has 0 unspecified atom stereocenters. The number of aliphatic carboxylic acids is 1. The van der Waals surface area contributed by atoms with Gasteiger partial charge < -0.3 is 10.8 Å². The van der Waals surface area contributed by atoms with Gasteiger partial charge in [-0.1, -0.05) is 19.1 Å².